The molecule has 0 aliphatic carbocycles. The van der Waals surface area contributed by atoms with Crippen molar-refractivity contribution >= 4 is 51.7 Å². The molecule has 24 heavy (non-hydrogen) atoms. The van der Waals surface area contributed by atoms with Crippen molar-refractivity contribution in [1.29, 1.82) is 0 Å². The number of nitrogens with zero attached hydrogens (tertiary/aromatic N) is 4. The molecule has 1 aromatic carbocycles. The molecule has 1 aliphatic heterocycles. The van der Waals surface area contributed by atoms with E-state index < -0.39 is 17.8 Å². The summed E-state index contributed by atoms with van der Waals surface area (Å²) in [4.78, 5) is 16.1. The van der Waals surface area contributed by atoms with Crippen LogP contribution in [0.25, 0.3) is 10.9 Å². The molecule has 120 valence electrons. The second kappa shape index (κ2) is 6.35. The van der Waals surface area contributed by atoms with E-state index in [0.29, 0.717) is 15.6 Å². The molecule has 2 aromatic heterocycles. The molecule has 0 fully saturated rings. The zero-order valence-electron chi connectivity index (χ0n) is 11.9. The van der Waals surface area contributed by atoms with Crippen molar-refractivity contribution in [2.24, 2.45) is 0 Å². The normalized spacial score (nSPS) is 14.4. The van der Waals surface area contributed by atoms with E-state index in [2.05, 4.69) is 26.0 Å². The maximum atomic E-state index is 14.1. The van der Waals surface area contributed by atoms with Crippen LogP contribution in [-0.4, -0.2) is 49.3 Å². The molecular formula is C15H13BrFLiN4O2. The molecule has 1 atom stereocenters. The first-order valence-corrected chi connectivity index (χ1v) is 7.95. The fourth-order valence-electron chi connectivity index (χ4n) is 3.07. The second-order valence-electron chi connectivity index (χ2n) is 5.52. The molecule has 0 radical (unpaired) electrons. The molecule has 3 aromatic rings. The number of fused-ring (bicyclic) bond motifs is 2. The van der Waals surface area contributed by atoms with Crippen LogP contribution < -0.4 is 0 Å². The Morgan fingerprint density at radius 2 is 2.21 bits per heavy atom. The van der Waals surface area contributed by atoms with Gasteiger partial charge in [0.2, 0.25) is 0 Å². The molecule has 1 aliphatic rings. The van der Waals surface area contributed by atoms with Gasteiger partial charge >= 0.3 is 24.8 Å². The Morgan fingerprint density at radius 3 is 2.96 bits per heavy atom. The van der Waals surface area contributed by atoms with E-state index in [-0.39, 0.29) is 24.4 Å². The summed E-state index contributed by atoms with van der Waals surface area (Å²) >= 11 is 3.11. The van der Waals surface area contributed by atoms with Crippen LogP contribution in [-0.2, 0) is 17.8 Å². The molecule has 0 bridgehead atoms. The minimum absolute atomic E-state index is 0. The van der Waals surface area contributed by atoms with Crippen molar-refractivity contribution < 1.29 is 14.3 Å². The van der Waals surface area contributed by atoms with E-state index in [0.717, 1.165) is 25.1 Å². The van der Waals surface area contributed by atoms with E-state index in [1.165, 1.54) is 4.68 Å². The number of carboxylic acid groups (broad SMARTS) is 1. The van der Waals surface area contributed by atoms with Crippen molar-refractivity contribution in [3.05, 3.63) is 46.3 Å². The zero-order chi connectivity index (χ0) is 16.1. The number of hydrogen-bond donors (Lipinski definition) is 1. The number of halogens is 2. The summed E-state index contributed by atoms with van der Waals surface area (Å²) in [6.07, 6.45) is 4.97. The number of benzene rings is 1. The summed E-state index contributed by atoms with van der Waals surface area (Å²) in [7, 11) is 0. The Morgan fingerprint density at radius 1 is 1.42 bits per heavy atom. The molecular weight excluding hydrogens is 374 g/mol. The number of imidazole rings is 1. The Labute approximate surface area is 157 Å². The molecule has 1 N–H and O–H groups in total. The number of carboxylic acids is 1. The third-order valence-electron chi connectivity index (χ3n) is 4.14. The molecule has 0 amide bonds. The fourth-order valence-corrected chi connectivity index (χ4v) is 3.39. The molecule has 0 saturated carbocycles. The van der Waals surface area contributed by atoms with Crippen molar-refractivity contribution in [2.45, 2.75) is 25.4 Å². The van der Waals surface area contributed by atoms with Gasteiger partial charge in [0.15, 0.2) is 11.9 Å². The zero-order valence-corrected chi connectivity index (χ0v) is 13.5. The topological polar surface area (TPSA) is 72.9 Å². The van der Waals surface area contributed by atoms with Crippen molar-refractivity contribution in [3.8, 4) is 0 Å². The fraction of sp³-hybridized carbons (Fsp3) is 0.267. The molecule has 9 heteroatoms. The van der Waals surface area contributed by atoms with E-state index in [1.54, 1.807) is 24.7 Å². The number of aromatic nitrogens is 4. The summed E-state index contributed by atoms with van der Waals surface area (Å²) in [5, 5.41) is 14.4. The summed E-state index contributed by atoms with van der Waals surface area (Å²) in [6, 6.07) is 2.21. The molecule has 0 saturated heterocycles. The van der Waals surface area contributed by atoms with Crippen LogP contribution in [0.15, 0.2) is 29.1 Å². The molecule has 1 unspecified atom stereocenters. The Kier molecular flexibility index (Phi) is 4.56. The molecule has 0 spiro atoms. The summed E-state index contributed by atoms with van der Waals surface area (Å²) in [5.74, 6) is -1.56. The Balaban J connectivity index is 0.00000169. The number of hydrogen-bond acceptors (Lipinski definition) is 3. The Hall–Kier alpha value is -1.62. The third-order valence-corrected chi connectivity index (χ3v) is 4.75. The van der Waals surface area contributed by atoms with Gasteiger partial charge in [-0.3, -0.25) is 4.68 Å². The average Bonchev–Trinajstić information content (AvgIpc) is 3.19. The van der Waals surface area contributed by atoms with E-state index in [4.69, 9.17) is 0 Å². The van der Waals surface area contributed by atoms with Gasteiger partial charge in [-0.2, -0.15) is 5.10 Å². The first-order valence-electron chi connectivity index (χ1n) is 7.16. The van der Waals surface area contributed by atoms with Crippen LogP contribution >= 0.6 is 15.9 Å². The summed E-state index contributed by atoms with van der Waals surface area (Å²) in [5.41, 5.74) is 1.53. The van der Waals surface area contributed by atoms with Gasteiger partial charge in [0, 0.05) is 23.8 Å². The average molecular weight is 387 g/mol. The molecule has 3 heterocycles. The first-order chi connectivity index (χ1) is 11.1. The van der Waals surface area contributed by atoms with Crippen molar-refractivity contribution in [1.82, 2.24) is 19.3 Å². The predicted octanol–water partition coefficient (Wildman–Crippen LogP) is 2.11. The van der Waals surface area contributed by atoms with E-state index in [9.17, 15) is 14.3 Å². The summed E-state index contributed by atoms with van der Waals surface area (Å²) in [6.45, 7) is 0.845. The summed E-state index contributed by atoms with van der Waals surface area (Å²) < 4.78 is 17.7. The SMILES string of the molecule is O=C(O)C(c1ncn2c1CCC2)n1cc2ccc(Br)c(F)c2n1.[LiH]. The van der Waals surface area contributed by atoms with Gasteiger partial charge < -0.3 is 9.67 Å². The van der Waals surface area contributed by atoms with Crippen molar-refractivity contribution in [2.75, 3.05) is 0 Å². The minimum atomic E-state index is -1.06. The quantitative estimate of drug-likeness (QED) is 0.699. The maximum absolute atomic E-state index is 14.1. The van der Waals surface area contributed by atoms with Gasteiger partial charge in [0.1, 0.15) is 5.52 Å². The second-order valence-corrected chi connectivity index (χ2v) is 6.38. The van der Waals surface area contributed by atoms with Crippen LogP contribution in [0, 0.1) is 5.82 Å². The Bertz CT molecular complexity index is 939. The van der Waals surface area contributed by atoms with E-state index >= 15 is 0 Å². The monoisotopic (exact) mass is 386 g/mol. The van der Waals surface area contributed by atoms with Gasteiger partial charge in [0.05, 0.1) is 16.5 Å². The third kappa shape index (κ3) is 2.59. The number of rotatable bonds is 3. The van der Waals surface area contributed by atoms with Crippen LogP contribution in [0.2, 0.25) is 0 Å². The van der Waals surface area contributed by atoms with Gasteiger partial charge in [-0.15, -0.1) is 0 Å². The molecule has 6 nitrogen and oxygen atoms in total. The van der Waals surface area contributed by atoms with Crippen LogP contribution in [0.5, 0.6) is 0 Å². The first kappa shape index (κ1) is 17.2. The van der Waals surface area contributed by atoms with E-state index in [1.807, 2.05) is 4.57 Å². The standard InChI is InChI=1S/C15H12BrFN4O2.Li.H/c16-9-4-3-8-6-21(19-12(8)11(9)17)14(15(22)23)13-10-2-1-5-20(10)7-18-13;;/h3-4,6-7,14H,1-2,5H2,(H,22,23);;. The van der Waals surface area contributed by atoms with Gasteiger partial charge in [-0.05, 0) is 40.9 Å². The number of aliphatic carboxylic acids is 1. The van der Waals surface area contributed by atoms with Gasteiger partial charge in [-0.25, -0.2) is 14.2 Å². The van der Waals surface area contributed by atoms with Crippen LogP contribution in [0.1, 0.15) is 23.9 Å². The van der Waals surface area contributed by atoms with Crippen LogP contribution in [0.4, 0.5) is 4.39 Å². The van der Waals surface area contributed by atoms with Crippen LogP contribution in [0.3, 0.4) is 0 Å². The molecule has 4 rings (SSSR count). The van der Waals surface area contributed by atoms with Gasteiger partial charge in [-0.1, -0.05) is 0 Å². The number of carbonyl (C=O) groups is 1. The van der Waals surface area contributed by atoms with Crippen molar-refractivity contribution in [3.63, 3.8) is 0 Å². The number of aryl methyl sites for hydroxylation is 1. The van der Waals surface area contributed by atoms with Gasteiger partial charge in [0.25, 0.3) is 0 Å². The predicted molar refractivity (Wildman–Crippen MR) is 90.9 cm³/mol.